The van der Waals surface area contributed by atoms with Gasteiger partial charge in [-0.05, 0) is 30.9 Å². The molecule has 1 fully saturated rings. The van der Waals surface area contributed by atoms with Crippen LogP contribution in [0.2, 0.25) is 0 Å². The first-order valence-corrected chi connectivity index (χ1v) is 8.96. The van der Waals surface area contributed by atoms with E-state index in [2.05, 4.69) is 6.92 Å². The van der Waals surface area contributed by atoms with Gasteiger partial charge >= 0.3 is 0 Å². The second-order valence-corrected chi connectivity index (χ2v) is 8.27. The molecule has 0 amide bonds. The van der Waals surface area contributed by atoms with Crippen LogP contribution in [0.5, 0.6) is 0 Å². The van der Waals surface area contributed by atoms with Crippen LogP contribution in [0.25, 0.3) is 0 Å². The summed E-state index contributed by atoms with van der Waals surface area (Å²) < 4.78 is 27.1. The molecule has 0 spiro atoms. The lowest BCUT2D eigenvalue weighted by molar-refractivity contribution is 0.376. The van der Waals surface area contributed by atoms with Crippen LogP contribution in [0.1, 0.15) is 25.1 Å². The number of thiophene rings is 1. The molecule has 2 atom stereocenters. The molecular formula is C12H18ClNO2S2. The molecule has 18 heavy (non-hydrogen) atoms. The summed E-state index contributed by atoms with van der Waals surface area (Å²) in [6.07, 6.45) is 1.76. The number of sulfonamides is 1. The van der Waals surface area contributed by atoms with Gasteiger partial charge in [-0.2, -0.15) is 4.31 Å². The highest BCUT2D eigenvalue weighted by Gasteiger charge is 2.39. The largest absolute Gasteiger partial charge is 0.252 e. The third-order valence-corrected chi connectivity index (χ3v) is 7.48. The molecule has 1 aliphatic heterocycles. The SMILES string of the molecule is CCc1ccc(S(=O)(=O)N2CCC(C)C2CCl)s1. The zero-order valence-corrected chi connectivity index (χ0v) is 13.0. The summed E-state index contributed by atoms with van der Waals surface area (Å²) in [5.41, 5.74) is 0. The van der Waals surface area contributed by atoms with Crippen LogP contribution < -0.4 is 0 Å². The molecule has 2 heterocycles. The minimum absolute atomic E-state index is 0.0659. The molecule has 1 aromatic rings. The van der Waals surface area contributed by atoms with Crippen LogP contribution >= 0.6 is 22.9 Å². The molecule has 0 bridgehead atoms. The third kappa shape index (κ3) is 2.46. The van der Waals surface area contributed by atoms with Gasteiger partial charge < -0.3 is 0 Å². The Hall–Kier alpha value is -0.100. The molecule has 6 heteroatoms. The van der Waals surface area contributed by atoms with Crippen LogP contribution in [-0.4, -0.2) is 31.2 Å². The molecule has 1 saturated heterocycles. The topological polar surface area (TPSA) is 37.4 Å². The number of rotatable bonds is 4. The highest BCUT2D eigenvalue weighted by molar-refractivity contribution is 7.91. The van der Waals surface area contributed by atoms with Crippen LogP contribution in [0, 0.1) is 5.92 Å². The zero-order chi connectivity index (χ0) is 13.3. The summed E-state index contributed by atoms with van der Waals surface area (Å²) in [7, 11) is -3.35. The van der Waals surface area contributed by atoms with Gasteiger partial charge in [0.15, 0.2) is 0 Å². The Balaban J connectivity index is 2.31. The van der Waals surface area contributed by atoms with Gasteiger partial charge in [-0.25, -0.2) is 8.42 Å². The smallest absolute Gasteiger partial charge is 0.206 e. The van der Waals surface area contributed by atoms with Crippen molar-refractivity contribution in [3.63, 3.8) is 0 Å². The predicted octanol–water partition coefficient (Wildman–Crippen LogP) is 2.95. The van der Waals surface area contributed by atoms with Crippen molar-refractivity contribution in [2.75, 3.05) is 12.4 Å². The molecule has 0 N–H and O–H groups in total. The Labute approximate surface area is 118 Å². The minimum atomic E-state index is -3.35. The second-order valence-electron chi connectivity index (χ2n) is 4.68. The first kappa shape index (κ1) is 14.3. The van der Waals surface area contributed by atoms with Crippen molar-refractivity contribution in [1.29, 1.82) is 0 Å². The van der Waals surface area contributed by atoms with Gasteiger partial charge in [0, 0.05) is 23.3 Å². The molecule has 3 nitrogen and oxygen atoms in total. The van der Waals surface area contributed by atoms with E-state index in [1.165, 1.54) is 11.3 Å². The molecule has 0 saturated carbocycles. The van der Waals surface area contributed by atoms with E-state index in [4.69, 9.17) is 11.6 Å². The molecule has 2 unspecified atom stereocenters. The number of nitrogens with zero attached hydrogens (tertiary/aromatic N) is 1. The van der Waals surface area contributed by atoms with E-state index in [1.54, 1.807) is 10.4 Å². The zero-order valence-electron chi connectivity index (χ0n) is 10.6. The van der Waals surface area contributed by atoms with E-state index < -0.39 is 10.0 Å². The quantitative estimate of drug-likeness (QED) is 0.802. The van der Waals surface area contributed by atoms with Gasteiger partial charge in [-0.1, -0.05) is 13.8 Å². The number of halogens is 1. The summed E-state index contributed by atoms with van der Waals surface area (Å²) in [4.78, 5) is 1.10. The lowest BCUT2D eigenvalue weighted by Crippen LogP contribution is -2.38. The molecular weight excluding hydrogens is 290 g/mol. The highest BCUT2D eigenvalue weighted by Crippen LogP contribution is 2.33. The standard InChI is InChI=1S/C12H18ClNO2S2/c1-3-10-4-5-12(17-10)18(15,16)14-7-6-9(2)11(14)8-13/h4-5,9,11H,3,6-8H2,1-2H3. The number of aryl methyl sites for hydroxylation is 1. The molecule has 102 valence electrons. The minimum Gasteiger partial charge on any atom is -0.206 e. The Morgan fingerprint density at radius 2 is 2.22 bits per heavy atom. The van der Waals surface area contributed by atoms with E-state index in [0.29, 0.717) is 22.6 Å². The summed E-state index contributed by atoms with van der Waals surface area (Å²) >= 11 is 7.29. The molecule has 0 radical (unpaired) electrons. The van der Waals surface area contributed by atoms with E-state index >= 15 is 0 Å². The van der Waals surface area contributed by atoms with Crippen molar-refractivity contribution in [2.24, 2.45) is 5.92 Å². The summed E-state index contributed by atoms with van der Waals surface area (Å²) in [6, 6.07) is 3.55. The first-order chi connectivity index (χ1) is 8.50. The molecule has 0 aliphatic carbocycles. The molecule has 0 aromatic carbocycles. The second kappa shape index (κ2) is 5.49. The normalized spacial score (nSPS) is 25.7. The van der Waals surface area contributed by atoms with Gasteiger partial charge in [0.1, 0.15) is 4.21 Å². The van der Waals surface area contributed by atoms with Gasteiger partial charge in [0.05, 0.1) is 0 Å². The monoisotopic (exact) mass is 307 g/mol. The maximum atomic E-state index is 12.6. The maximum Gasteiger partial charge on any atom is 0.252 e. The fraction of sp³-hybridized carbons (Fsp3) is 0.667. The maximum absolute atomic E-state index is 12.6. The van der Waals surface area contributed by atoms with Crippen LogP contribution in [0.3, 0.4) is 0 Å². The number of hydrogen-bond donors (Lipinski definition) is 0. The van der Waals surface area contributed by atoms with Crippen molar-refractivity contribution < 1.29 is 8.42 Å². The van der Waals surface area contributed by atoms with E-state index in [9.17, 15) is 8.42 Å². The summed E-state index contributed by atoms with van der Waals surface area (Å²) in [5, 5.41) is 0. The van der Waals surface area contributed by atoms with Crippen LogP contribution in [0.15, 0.2) is 16.3 Å². The van der Waals surface area contributed by atoms with Gasteiger partial charge in [-0.15, -0.1) is 22.9 Å². The van der Waals surface area contributed by atoms with Crippen molar-refractivity contribution in [1.82, 2.24) is 4.31 Å². The first-order valence-electron chi connectivity index (χ1n) is 6.17. The number of hydrogen-bond acceptors (Lipinski definition) is 3. The molecule has 1 aromatic heterocycles. The van der Waals surface area contributed by atoms with E-state index in [-0.39, 0.29) is 6.04 Å². The molecule has 2 rings (SSSR count). The van der Waals surface area contributed by atoms with Crippen molar-refractivity contribution in [3.8, 4) is 0 Å². The van der Waals surface area contributed by atoms with E-state index in [1.807, 2.05) is 13.0 Å². The van der Waals surface area contributed by atoms with Crippen molar-refractivity contribution >= 4 is 33.0 Å². The lowest BCUT2D eigenvalue weighted by atomic mass is 10.1. The number of alkyl halides is 1. The van der Waals surface area contributed by atoms with E-state index in [0.717, 1.165) is 17.7 Å². The van der Waals surface area contributed by atoms with Gasteiger partial charge in [0.25, 0.3) is 10.0 Å². The Morgan fingerprint density at radius 1 is 1.50 bits per heavy atom. The van der Waals surface area contributed by atoms with Crippen molar-refractivity contribution in [2.45, 2.75) is 36.9 Å². The Kier molecular flexibility index (Phi) is 4.36. The average molecular weight is 308 g/mol. The van der Waals surface area contributed by atoms with Gasteiger partial charge in [-0.3, -0.25) is 0 Å². The molecule has 1 aliphatic rings. The van der Waals surface area contributed by atoms with Crippen LogP contribution in [-0.2, 0) is 16.4 Å². The Bertz CT molecular complexity index is 512. The Morgan fingerprint density at radius 3 is 2.78 bits per heavy atom. The highest BCUT2D eigenvalue weighted by atomic mass is 35.5. The van der Waals surface area contributed by atoms with Gasteiger partial charge in [0.2, 0.25) is 0 Å². The third-order valence-electron chi connectivity index (χ3n) is 3.54. The van der Waals surface area contributed by atoms with Crippen molar-refractivity contribution in [3.05, 3.63) is 17.0 Å². The summed E-state index contributed by atoms with van der Waals surface area (Å²) in [5.74, 6) is 0.703. The average Bonchev–Trinajstić information content (AvgIpc) is 2.95. The summed E-state index contributed by atoms with van der Waals surface area (Å²) in [6.45, 7) is 4.68. The van der Waals surface area contributed by atoms with Crippen LogP contribution in [0.4, 0.5) is 0 Å². The predicted molar refractivity (Wildman–Crippen MR) is 75.9 cm³/mol. The lowest BCUT2D eigenvalue weighted by Gasteiger charge is -2.23. The fourth-order valence-corrected chi connectivity index (χ4v) is 6.02. The fourth-order valence-electron chi connectivity index (χ4n) is 2.30.